The number of nitrogens with one attached hydrogen (secondary N) is 1. The Hall–Kier alpha value is -2.04. The summed E-state index contributed by atoms with van der Waals surface area (Å²) in [6.07, 6.45) is 1.76. The Morgan fingerprint density at radius 3 is 2.55 bits per heavy atom. The first-order valence-electron chi connectivity index (χ1n) is 6.77. The van der Waals surface area contributed by atoms with Crippen molar-refractivity contribution >= 4 is 11.9 Å². The van der Waals surface area contributed by atoms with Gasteiger partial charge in [0.1, 0.15) is 5.75 Å². The molecule has 108 valence electrons. The van der Waals surface area contributed by atoms with Crippen LogP contribution in [0.5, 0.6) is 5.75 Å². The van der Waals surface area contributed by atoms with Crippen molar-refractivity contribution in [2.24, 2.45) is 11.8 Å². The Labute approximate surface area is 117 Å². The average Bonchev–Trinajstić information content (AvgIpc) is 3.15. The number of hydrogen-bond donors (Lipinski definition) is 2. The molecule has 0 radical (unpaired) electrons. The summed E-state index contributed by atoms with van der Waals surface area (Å²) >= 11 is 0. The highest BCUT2D eigenvalue weighted by molar-refractivity contribution is 5.81. The van der Waals surface area contributed by atoms with E-state index < -0.39 is 5.97 Å². The zero-order valence-corrected chi connectivity index (χ0v) is 11.5. The van der Waals surface area contributed by atoms with Gasteiger partial charge in [-0.05, 0) is 36.5 Å². The van der Waals surface area contributed by atoms with E-state index in [1.165, 1.54) is 0 Å². The molecule has 1 aromatic carbocycles. The molecule has 0 spiro atoms. The van der Waals surface area contributed by atoms with E-state index in [0.717, 1.165) is 18.4 Å². The van der Waals surface area contributed by atoms with E-state index in [2.05, 4.69) is 12.2 Å². The van der Waals surface area contributed by atoms with E-state index in [9.17, 15) is 9.59 Å². The van der Waals surface area contributed by atoms with E-state index in [-0.39, 0.29) is 18.4 Å². The lowest BCUT2D eigenvalue weighted by Gasteiger charge is -2.06. The number of aliphatic carboxylic acids is 1. The van der Waals surface area contributed by atoms with Crippen LogP contribution < -0.4 is 10.1 Å². The molecule has 0 heterocycles. The fourth-order valence-electron chi connectivity index (χ4n) is 2.05. The lowest BCUT2D eigenvalue weighted by Crippen LogP contribution is -2.27. The van der Waals surface area contributed by atoms with Gasteiger partial charge < -0.3 is 15.2 Å². The quantitative estimate of drug-likeness (QED) is 0.791. The molecule has 1 amide bonds. The topological polar surface area (TPSA) is 75.6 Å². The van der Waals surface area contributed by atoms with Crippen molar-refractivity contribution in [2.45, 2.75) is 19.8 Å². The molecule has 1 fully saturated rings. The molecule has 2 atom stereocenters. The predicted molar refractivity (Wildman–Crippen MR) is 73.6 cm³/mol. The molecule has 0 aromatic heterocycles. The van der Waals surface area contributed by atoms with Crippen LogP contribution in [0.15, 0.2) is 24.3 Å². The standard InChI is InChI=1S/C15H19NO4/c1-10-8-13(10)15(19)16-7-6-11-2-4-12(5-3-11)20-9-14(17)18/h2-5,10,13H,6-9H2,1H3,(H,16,19)(H,17,18). The second-order valence-electron chi connectivity index (χ2n) is 5.19. The molecule has 2 unspecified atom stereocenters. The molecule has 5 nitrogen and oxygen atoms in total. The largest absolute Gasteiger partial charge is 0.482 e. The Kier molecular flexibility index (Phi) is 4.61. The summed E-state index contributed by atoms with van der Waals surface area (Å²) in [6.45, 7) is 2.37. The van der Waals surface area contributed by atoms with Crippen LogP contribution >= 0.6 is 0 Å². The summed E-state index contributed by atoms with van der Waals surface area (Å²) in [4.78, 5) is 22.0. The van der Waals surface area contributed by atoms with Gasteiger partial charge in [0.2, 0.25) is 5.91 Å². The van der Waals surface area contributed by atoms with Crippen LogP contribution in [-0.2, 0) is 16.0 Å². The van der Waals surface area contributed by atoms with Gasteiger partial charge in [0.05, 0.1) is 0 Å². The third kappa shape index (κ3) is 4.26. The zero-order chi connectivity index (χ0) is 14.5. The minimum atomic E-state index is -0.994. The minimum absolute atomic E-state index is 0.152. The summed E-state index contributed by atoms with van der Waals surface area (Å²) < 4.78 is 5.05. The molecule has 5 heteroatoms. The van der Waals surface area contributed by atoms with Crippen LogP contribution in [0.4, 0.5) is 0 Å². The van der Waals surface area contributed by atoms with Gasteiger partial charge in [-0.1, -0.05) is 19.1 Å². The number of amides is 1. The number of rotatable bonds is 7. The number of hydrogen-bond acceptors (Lipinski definition) is 3. The van der Waals surface area contributed by atoms with Crippen molar-refractivity contribution in [3.8, 4) is 5.75 Å². The summed E-state index contributed by atoms with van der Waals surface area (Å²) in [5.41, 5.74) is 1.08. The maximum Gasteiger partial charge on any atom is 0.341 e. The van der Waals surface area contributed by atoms with E-state index in [1.54, 1.807) is 12.1 Å². The van der Waals surface area contributed by atoms with Gasteiger partial charge in [-0.15, -0.1) is 0 Å². The molecule has 2 rings (SSSR count). The maximum absolute atomic E-state index is 11.6. The summed E-state index contributed by atoms with van der Waals surface area (Å²) in [6, 6.07) is 7.23. The first kappa shape index (κ1) is 14.4. The Balaban J connectivity index is 1.70. The number of ether oxygens (including phenoxy) is 1. The Morgan fingerprint density at radius 1 is 1.35 bits per heavy atom. The first-order chi connectivity index (χ1) is 9.56. The number of carboxylic acid groups (broad SMARTS) is 1. The van der Waals surface area contributed by atoms with E-state index in [4.69, 9.17) is 9.84 Å². The van der Waals surface area contributed by atoms with Crippen LogP contribution in [-0.4, -0.2) is 30.1 Å². The lowest BCUT2D eigenvalue weighted by molar-refractivity contribution is -0.139. The fraction of sp³-hybridized carbons (Fsp3) is 0.467. The van der Waals surface area contributed by atoms with Gasteiger partial charge in [-0.25, -0.2) is 4.79 Å². The van der Waals surface area contributed by atoms with Gasteiger partial charge in [0.25, 0.3) is 0 Å². The van der Waals surface area contributed by atoms with E-state index in [1.807, 2.05) is 12.1 Å². The van der Waals surface area contributed by atoms with E-state index in [0.29, 0.717) is 18.2 Å². The smallest absolute Gasteiger partial charge is 0.341 e. The fourth-order valence-corrected chi connectivity index (χ4v) is 2.05. The first-order valence-corrected chi connectivity index (χ1v) is 6.77. The number of carbonyl (C=O) groups is 2. The molecule has 0 saturated heterocycles. The lowest BCUT2D eigenvalue weighted by atomic mass is 10.1. The molecule has 1 saturated carbocycles. The molecule has 1 aromatic rings. The molecule has 1 aliphatic rings. The summed E-state index contributed by atoms with van der Waals surface area (Å²) in [7, 11) is 0. The molecule has 0 bridgehead atoms. The maximum atomic E-state index is 11.6. The third-order valence-electron chi connectivity index (χ3n) is 3.44. The summed E-state index contributed by atoms with van der Waals surface area (Å²) in [5.74, 6) is 0.430. The van der Waals surface area contributed by atoms with Gasteiger partial charge >= 0.3 is 5.97 Å². The van der Waals surface area contributed by atoms with Crippen molar-refractivity contribution in [1.82, 2.24) is 5.32 Å². The minimum Gasteiger partial charge on any atom is -0.482 e. The van der Waals surface area contributed by atoms with Crippen LogP contribution in [0.2, 0.25) is 0 Å². The van der Waals surface area contributed by atoms with Crippen molar-refractivity contribution < 1.29 is 19.4 Å². The summed E-state index contributed by atoms with van der Waals surface area (Å²) in [5, 5.41) is 11.4. The van der Waals surface area contributed by atoms with Crippen molar-refractivity contribution in [1.29, 1.82) is 0 Å². The monoisotopic (exact) mass is 277 g/mol. The van der Waals surface area contributed by atoms with Crippen molar-refractivity contribution in [3.05, 3.63) is 29.8 Å². The molecule has 0 aliphatic heterocycles. The van der Waals surface area contributed by atoms with Gasteiger partial charge in [0, 0.05) is 12.5 Å². The van der Waals surface area contributed by atoms with Crippen LogP contribution in [0.1, 0.15) is 18.9 Å². The van der Waals surface area contributed by atoms with Crippen molar-refractivity contribution in [2.75, 3.05) is 13.2 Å². The van der Waals surface area contributed by atoms with Gasteiger partial charge in [-0.3, -0.25) is 4.79 Å². The van der Waals surface area contributed by atoms with Crippen LogP contribution in [0, 0.1) is 11.8 Å². The zero-order valence-electron chi connectivity index (χ0n) is 11.5. The average molecular weight is 277 g/mol. The number of carbonyl (C=O) groups excluding carboxylic acids is 1. The van der Waals surface area contributed by atoms with Crippen molar-refractivity contribution in [3.63, 3.8) is 0 Å². The second-order valence-corrected chi connectivity index (χ2v) is 5.19. The molecule has 2 N–H and O–H groups in total. The molecule has 1 aliphatic carbocycles. The molecule has 20 heavy (non-hydrogen) atoms. The number of carboxylic acids is 1. The molecular formula is C15H19NO4. The van der Waals surface area contributed by atoms with Crippen LogP contribution in [0.3, 0.4) is 0 Å². The SMILES string of the molecule is CC1CC1C(=O)NCCc1ccc(OCC(=O)O)cc1. The predicted octanol–water partition coefficient (Wildman–Crippen LogP) is 1.46. The third-order valence-corrected chi connectivity index (χ3v) is 3.44. The normalized spacial score (nSPS) is 20.2. The highest BCUT2D eigenvalue weighted by Crippen LogP contribution is 2.37. The highest BCUT2D eigenvalue weighted by atomic mass is 16.5. The van der Waals surface area contributed by atoms with Crippen LogP contribution in [0.25, 0.3) is 0 Å². The molecular weight excluding hydrogens is 258 g/mol. The highest BCUT2D eigenvalue weighted by Gasteiger charge is 2.38. The van der Waals surface area contributed by atoms with Gasteiger partial charge in [0.15, 0.2) is 6.61 Å². The number of benzene rings is 1. The Bertz CT molecular complexity index is 483. The van der Waals surface area contributed by atoms with Gasteiger partial charge in [-0.2, -0.15) is 0 Å². The van der Waals surface area contributed by atoms with E-state index >= 15 is 0 Å². The Morgan fingerprint density at radius 2 is 2.00 bits per heavy atom. The second kappa shape index (κ2) is 6.41.